The van der Waals surface area contributed by atoms with Crippen molar-refractivity contribution in [1.29, 1.82) is 0 Å². The number of fused-ring (bicyclic) bond motifs is 3. The number of carbonyl (C=O) groups excluding carboxylic acids is 1. The minimum atomic E-state index is -4.77. The minimum absolute atomic E-state index is 0.0236. The zero-order valence-electron chi connectivity index (χ0n) is 21.7. The Balaban J connectivity index is 1.87. The first-order valence-corrected chi connectivity index (χ1v) is 13.8. The summed E-state index contributed by atoms with van der Waals surface area (Å²) in [5.41, 5.74) is 0.602. The molecule has 11 heteroatoms. The highest BCUT2D eigenvalue weighted by Crippen LogP contribution is 2.55. The molecule has 0 spiro atoms. The van der Waals surface area contributed by atoms with Crippen LogP contribution in [0.4, 0.5) is 14.9 Å². The van der Waals surface area contributed by atoms with E-state index >= 15 is 0 Å². The van der Waals surface area contributed by atoms with E-state index in [2.05, 4.69) is 4.90 Å². The molecule has 1 fully saturated rings. The number of amides is 1. The fraction of sp³-hybridized carbons (Fsp3) is 0.407. The van der Waals surface area contributed by atoms with Crippen LogP contribution in [0.1, 0.15) is 54.6 Å². The standard InChI is InChI=1S/C27H31FN2O7S/c1-5-29(6-2)14-16(3)11-17-12-19(28)7-10-23(17)38(34,35)30(27(33)36-4)22-9-8-20-21-13-18(21)15-37-25(20)24(22)26(31)32/h7-12,18,21H,5-6,13-15H2,1-4H3,(H,31,32). The summed E-state index contributed by atoms with van der Waals surface area (Å²) in [6.45, 7) is 8.16. The summed E-state index contributed by atoms with van der Waals surface area (Å²) in [7, 11) is -3.77. The molecule has 2 atom stereocenters. The second-order valence-electron chi connectivity index (χ2n) is 9.47. The van der Waals surface area contributed by atoms with Gasteiger partial charge in [0.2, 0.25) is 0 Å². The number of likely N-dealkylation sites (N-methyl/N-ethyl adjacent to an activating group) is 1. The highest BCUT2D eigenvalue weighted by atomic mass is 32.2. The number of rotatable bonds is 9. The van der Waals surface area contributed by atoms with Gasteiger partial charge in [0.1, 0.15) is 17.1 Å². The number of anilines is 1. The van der Waals surface area contributed by atoms with Gasteiger partial charge in [-0.1, -0.05) is 31.6 Å². The molecule has 2 aliphatic rings. The fourth-order valence-corrected chi connectivity index (χ4v) is 6.43. The second-order valence-corrected chi connectivity index (χ2v) is 11.2. The molecule has 0 aromatic heterocycles. The van der Waals surface area contributed by atoms with Gasteiger partial charge in [-0.25, -0.2) is 22.4 Å². The Morgan fingerprint density at radius 3 is 2.55 bits per heavy atom. The Morgan fingerprint density at radius 2 is 1.92 bits per heavy atom. The molecule has 1 aliphatic carbocycles. The first-order chi connectivity index (χ1) is 18.0. The number of hydrogen-bond acceptors (Lipinski definition) is 7. The quantitative estimate of drug-likeness (QED) is 0.481. The first kappa shape index (κ1) is 27.6. The number of sulfonamides is 1. The highest BCUT2D eigenvalue weighted by molar-refractivity contribution is 7.93. The third kappa shape index (κ3) is 5.12. The third-order valence-corrected chi connectivity index (χ3v) is 8.72. The molecular weight excluding hydrogens is 515 g/mol. The molecule has 1 aliphatic heterocycles. The van der Waals surface area contributed by atoms with Gasteiger partial charge in [-0.3, -0.25) is 4.90 Å². The number of halogens is 1. The zero-order valence-corrected chi connectivity index (χ0v) is 22.5. The smallest absolute Gasteiger partial charge is 0.428 e. The number of benzene rings is 2. The summed E-state index contributed by atoms with van der Waals surface area (Å²) in [6.07, 6.45) is 1.08. The molecule has 2 unspecified atom stereocenters. The molecule has 2 aromatic carbocycles. The summed E-state index contributed by atoms with van der Waals surface area (Å²) in [5.74, 6) is -1.63. The maximum Gasteiger partial charge on any atom is 0.428 e. The van der Waals surface area contributed by atoms with Gasteiger partial charge >= 0.3 is 12.1 Å². The van der Waals surface area contributed by atoms with Crippen LogP contribution in [0.3, 0.4) is 0 Å². The molecule has 9 nitrogen and oxygen atoms in total. The van der Waals surface area contributed by atoms with Crippen LogP contribution in [0, 0.1) is 11.7 Å². The Morgan fingerprint density at radius 1 is 1.21 bits per heavy atom. The van der Waals surface area contributed by atoms with E-state index in [1.54, 1.807) is 19.1 Å². The normalized spacial score (nSPS) is 18.3. The van der Waals surface area contributed by atoms with Crippen molar-refractivity contribution in [3.05, 3.63) is 58.4 Å². The monoisotopic (exact) mass is 546 g/mol. The van der Waals surface area contributed by atoms with E-state index in [1.807, 2.05) is 13.8 Å². The average molecular weight is 547 g/mol. The SMILES string of the molecule is CCN(CC)CC(C)=Cc1cc(F)ccc1S(=O)(=O)N(C(=O)OC)c1ccc2c(c1C(=O)O)OCC1CC21. The molecular formula is C27H31FN2O7S. The summed E-state index contributed by atoms with van der Waals surface area (Å²) in [5, 5.41) is 10.1. The van der Waals surface area contributed by atoms with E-state index in [-0.39, 0.29) is 22.1 Å². The van der Waals surface area contributed by atoms with Crippen LogP contribution >= 0.6 is 0 Å². The Kier molecular flexibility index (Phi) is 7.80. The van der Waals surface area contributed by atoms with Crippen molar-refractivity contribution in [2.24, 2.45) is 5.92 Å². The van der Waals surface area contributed by atoms with Gasteiger partial charge in [-0.15, -0.1) is 0 Å². The van der Waals surface area contributed by atoms with E-state index in [4.69, 9.17) is 9.47 Å². The van der Waals surface area contributed by atoms with Crippen molar-refractivity contribution < 1.29 is 37.0 Å². The predicted octanol–water partition coefficient (Wildman–Crippen LogP) is 4.73. The van der Waals surface area contributed by atoms with E-state index in [9.17, 15) is 27.5 Å². The molecule has 0 radical (unpaired) electrons. The molecule has 1 amide bonds. The lowest BCUT2D eigenvalue weighted by Gasteiger charge is -2.26. The van der Waals surface area contributed by atoms with Crippen molar-refractivity contribution >= 4 is 33.8 Å². The van der Waals surface area contributed by atoms with E-state index in [0.29, 0.717) is 28.9 Å². The summed E-state index contributed by atoms with van der Waals surface area (Å²) in [4.78, 5) is 27.1. The topological polar surface area (TPSA) is 113 Å². The first-order valence-electron chi connectivity index (χ1n) is 12.4. The van der Waals surface area contributed by atoms with Crippen molar-refractivity contribution in [2.75, 3.05) is 37.7 Å². The van der Waals surface area contributed by atoms with Gasteiger partial charge in [0.25, 0.3) is 10.0 Å². The van der Waals surface area contributed by atoms with Crippen molar-refractivity contribution in [3.8, 4) is 5.75 Å². The third-order valence-electron chi connectivity index (χ3n) is 6.96. The van der Waals surface area contributed by atoms with E-state index in [0.717, 1.165) is 50.4 Å². The van der Waals surface area contributed by atoms with Gasteiger partial charge in [0, 0.05) is 12.5 Å². The summed E-state index contributed by atoms with van der Waals surface area (Å²) in [6, 6.07) is 5.97. The van der Waals surface area contributed by atoms with Crippen LogP contribution in [-0.4, -0.2) is 63.8 Å². The number of aromatic carboxylic acids is 1. The molecule has 1 N–H and O–H groups in total. The van der Waals surface area contributed by atoms with Gasteiger partial charge in [0.05, 0.1) is 24.3 Å². The largest absolute Gasteiger partial charge is 0.492 e. The summed E-state index contributed by atoms with van der Waals surface area (Å²) >= 11 is 0. The number of nitrogens with zero attached hydrogens (tertiary/aromatic N) is 2. The van der Waals surface area contributed by atoms with Crippen LogP contribution in [-0.2, 0) is 14.8 Å². The zero-order chi connectivity index (χ0) is 27.8. The van der Waals surface area contributed by atoms with Crippen molar-refractivity contribution in [1.82, 2.24) is 4.90 Å². The lowest BCUT2D eigenvalue weighted by Crippen LogP contribution is -2.38. The Hall–Kier alpha value is -3.44. The van der Waals surface area contributed by atoms with E-state index in [1.165, 1.54) is 6.07 Å². The second kappa shape index (κ2) is 10.7. The minimum Gasteiger partial charge on any atom is -0.492 e. The Bertz CT molecular complexity index is 1400. The van der Waals surface area contributed by atoms with Gasteiger partial charge < -0.3 is 14.6 Å². The number of carboxylic acid groups (broad SMARTS) is 1. The van der Waals surface area contributed by atoms with Crippen LogP contribution in [0.15, 0.2) is 40.8 Å². The average Bonchev–Trinajstić information content (AvgIpc) is 3.67. The number of ether oxygens (including phenoxy) is 2. The molecule has 0 bridgehead atoms. The molecule has 1 heterocycles. The summed E-state index contributed by atoms with van der Waals surface area (Å²) < 4.78 is 53.2. The van der Waals surface area contributed by atoms with Crippen LogP contribution < -0.4 is 9.04 Å². The number of carboxylic acids is 1. The maximum atomic E-state index is 14.3. The predicted molar refractivity (Wildman–Crippen MR) is 140 cm³/mol. The fourth-order valence-electron chi connectivity index (χ4n) is 4.90. The van der Waals surface area contributed by atoms with Crippen molar-refractivity contribution in [2.45, 2.75) is 38.0 Å². The van der Waals surface area contributed by atoms with Crippen LogP contribution in [0.2, 0.25) is 0 Å². The number of carbonyl (C=O) groups is 2. The van der Waals surface area contributed by atoms with Crippen LogP contribution in [0.5, 0.6) is 5.75 Å². The lowest BCUT2D eigenvalue weighted by molar-refractivity contribution is 0.0692. The molecule has 0 saturated heterocycles. The highest BCUT2D eigenvalue weighted by Gasteiger charge is 2.47. The molecule has 4 rings (SSSR count). The van der Waals surface area contributed by atoms with Crippen LogP contribution in [0.25, 0.3) is 6.08 Å². The lowest BCUT2D eigenvalue weighted by atomic mass is 10.00. The van der Waals surface area contributed by atoms with Crippen molar-refractivity contribution in [3.63, 3.8) is 0 Å². The number of methoxy groups -OCH3 is 1. The van der Waals surface area contributed by atoms with Gasteiger partial charge in [-0.2, -0.15) is 4.31 Å². The van der Waals surface area contributed by atoms with Gasteiger partial charge in [-0.05, 0) is 67.7 Å². The molecule has 204 valence electrons. The molecule has 38 heavy (non-hydrogen) atoms. The molecule has 2 aromatic rings. The number of hydrogen-bond donors (Lipinski definition) is 1. The van der Waals surface area contributed by atoms with E-state index < -0.39 is 39.2 Å². The Labute approximate surface area is 221 Å². The maximum absolute atomic E-state index is 14.3. The molecule has 1 saturated carbocycles. The van der Waals surface area contributed by atoms with Gasteiger partial charge in [0.15, 0.2) is 0 Å².